The van der Waals surface area contributed by atoms with Crippen LogP contribution in [0.5, 0.6) is 17.2 Å². The van der Waals surface area contributed by atoms with Crippen molar-refractivity contribution in [1.82, 2.24) is 4.98 Å². The van der Waals surface area contributed by atoms with Gasteiger partial charge in [0.15, 0.2) is 0 Å². The van der Waals surface area contributed by atoms with E-state index >= 15 is 0 Å². The Labute approximate surface area is 160 Å². The van der Waals surface area contributed by atoms with Crippen LogP contribution in [0.4, 0.5) is 0 Å². The fraction of sp³-hybridized carbons (Fsp3) is 0.316. The second-order valence-electron chi connectivity index (χ2n) is 5.73. The molecule has 0 amide bonds. The number of pyridine rings is 1. The van der Waals surface area contributed by atoms with Gasteiger partial charge in [0.2, 0.25) is 0 Å². The fourth-order valence-electron chi connectivity index (χ4n) is 2.85. The summed E-state index contributed by atoms with van der Waals surface area (Å²) in [5, 5.41) is 10.6. The lowest BCUT2D eigenvalue weighted by Gasteiger charge is -2.21. The van der Waals surface area contributed by atoms with Crippen molar-refractivity contribution in [3.05, 3.63) is 51.4 Å². The molecule has 2 N–H and O–H groups in total. The highest BCUT2D eigenvalue weighted by atomic mass is 16.5. The number of carbonyl (C=O) groups excluding carboxylic acids is 2. The summed E-state index contributed by atoms with van der Waals surface area (Å²) < 4.78 is 19.9. The van der Waals surface area contributed by atoms with Crippen molar-refractivity contribution in [3.63, 3.8) is 0 Å². The number of nitrogens with one attached hydrogen (secondary N) is 1. The number of aromatic hydroxyl groups is 1. The highest BCUT2D eigenvalue weighted by Crippen LogP contribution is 2.39. The first-order valence-electron chi connectivity index (χ1n) is 8.19. The lowest BCUT2D eigenvalue weighted by atomic mass is 9.87. The molecule has 0 aliphatic carbocycles. The third-order valence-corrected chi connectivity index (χ3v) is 4.27. The van der Waals surface area contributed by atoms with E-state index in [1.807, 2.05) is 0 Å². The highest BCUT2D eigenvalue weighted by Gasteiger charge is 2.30. The van der Waals surface area contributed by atoms with Crippen molar-refractivity contribution in [2.75, 3.05) is 28.4 Å². The van der Waals surface area contributed by atoms with Crippen LogP contribution in [-0.2, 0) is 14.3 Å². The van der Waals surface area contributed by atoms with Crippen molar-refractivity contribution in [2.24, 2.45) is 0 Å². The van der Waals surface area contributed by atoms with Crippen LogP contribution in [0.3, 0.4) is 0 Å². The second-order valence-corrected chi connectivity index (χ2v) is 5.73. The van der Waals surface area contributed by atoms with Crippen LogP contribution in [0, 0.1) is 0 Å². The fourth-order valence-corrected chi connectivity index (χ4v) is 2.85. The van der Waals surface area contributed by atoms with Gasteiger partial charge in [0, 0.05) is 23.7 Å². The van der Waals surface area contributed by atoms with Crippen LogP contribution in [0.25, 0.3) is 0 Å². The average molecular weight is 391 g/mol. The van der Waals surface area contributed by atoms with Gasteiger partial charge < -0.3 is 29.0 Å². The van der Waals surface area contributed by atoms with Gasteiger partial charge in [-0.1, -0.05) is 6.07 Å². The number of rotatable bonds is 7. The summed E-state index contributed by atoms with van der Waals surface area (Å²) in [6, 6.07) is 4.81. The van der Waals surface area contributed by atoms with Crippen molar-refractivity contribution in [1.29, 1.82) is 0 Å². The Morgan fingerprint density at radius 3 is 2.39 bits per heavy atom. The van der Waals surface area contributed by atoms with Gasteiger partial charge in [0.25, 0.3) is 5.56 Å². The molecule has 0 saturated heterocycles. The molecule has 1 atom stereocenters. The van der Waals surface area contributed by atoms with Crippen molar-refractivity contribution in [3.8, 4) is 17.2 Å². The van der Waals surface area contributed by atoms with Crippen LogP contribution < -0.4 is 15.0 Å². The number of benzene rings is 1. The minimum Gasteiger partial charge on any atom is -0.506 e. The number of carbonyl (C=O) groups is 2. The first-order chi connectivity index (χ1) is 13.4. The van der Waals surface area contributed by atoms with Gasteiger partial charge in [0.1, 0.15) is 22.8 Å². The number of hydrogen-bond donors (Lipinski definition) is 2. The topological polar surface area (TPSA) is 124 Å². The Bertz CT molecular complexity index is 934. The molecule has 0 radical (unpaired) electrons. The van der Waals surface area contributed by atoms with E-state index < -0.39 is 29.2 Å². The van der Waals surface area contributed by atoms with E-state index in [4.69, 9.17) is 14.2 Å². The molecule has 1 heterocycles. The van der Waals surface area contributed by atoms with Gasteiger partial charge in [0.05, 0.1) is 40.4 Å². The van der Waals surface area contributed by atoms with Gasteiger partial charge >= 0.3 is 11.9 Å². The van der Waals surface area contributed by atoms with E-state index in [2.05, 4.69) is 9.72 Å². The highest BCUT2D eigenvalue weighted by molar-refractivity contribution is 5.92. The molecule has 1 aromatic heterocycles. The van der Waals surface area contributed by atoms with Gasteiger partial charge in [-0.25, -0.2) is 4.79 Å². The Hall–Kier alpha value is -3.49. The molecule has 0 saturated carbocycles. The smallest absolute Gasteiger partial charge is 0.343 e. The zero-order chi connectivity index (χ0) is 20.8. The maximum absolute atomic E-state index is 12.5. The van der Waals surface area contributed by atoms with E-state index in [-0.39, 0.29) is 17.5 Å². The Kier molecular flexibility index (Phi) is 6.64. The molecule has 0 unspecified atom stereocenters. The molecule has 1 aromatic carbocycles. The third kappa shape index (κ3) is 4.08. The van der Waals surface area contributed by atoms with Crippen molar-refractivity contribution in [2.45, 2.75) is 12.3 Å². The Morgan fingerprint density at radius 2 is 1.82 bits per heavy atom. The lowest BCUT2D eigenvalue weighted by Crippen LogP contribution is -2.22. The second kappa shape index (κ2) is 8.94. The number of aromatic nitrogens is 1. The van der Waals surface area contributed by atoms with Crippen LogP contribution in [0.1, 0.15) is 33.8 Å². The van der Waals surface area contributed by atoms with Crippen molar-refractivity contribution < 1.29 is 33.6 Å². The quantitative estimate of drug-likeness (QED) is 0.682. The first-order valence-corrected chi connectivity index (χ1v) is 8.19. The standard InChI is InChI=1S/C19H21NO8/c1-25-10-5-6-11(14(7-10)26-2)12(8-15(21)27-3)16-17(22)13(19(24)28-4)9-20-18(16)23/h5-7,9,12H,8H2,1-4H3,(H2,20,22,23)/t12-/m0/s1. The van der Waals surface area contributed by atoms with Gasteiger partial charge in [-0.3, -0.25) is 9.59 Å². The van der Waals surface area contributed by atoms with E-state index in [0.717, 1.165) is 13.3 Å². The third-order valence-electron chi connectivity index (χ3n) is 4.27. The molecule has 2 rings (SSSR count). The summed E-state index contributed by atoms with van der Waals surface area (Å²) in [5.41, 5.74) is -0.662. The largest absolute Gasteiger partial charge is 0.506 e. The predicted octanol–water partition coefficient (Wildman–Crippen LogP) is 1.58. The molecular formula is C19H21NO8. The number of esters is 2. The Balaban J connectivity index is 2.74. The molecule has 0 bridgehead atoms. The van der Waals surface area contributed by atoms with Crippen LogP contribution >= 0.6 is 0 Å². The molecule has 0 spiro atoms. The summed E-state index contributed by atoms with van der Waals surface area (Å²) in [5.74, 6) is -2.17. The number of methoxy groups -OCH3 is 4. The molecule has 9 heteroatoms. The molecule has 28 heavy (non-hydrogen) atoms. The predicted molar refractivity (Wildman–Crippen MR) is 98.1 cm³/mol. The van der Waals surface area contributed by atoms with Crippen LogP contribution in [0.2, 0.25) is 0 Å². The Morgan fingerprint density at radius 1 is 1.11 bits per heavy atom. The average Bonchev–Trinajstić information content (AvgIpc) is 2.71. The molecule has 2 aromatic rings. The first kappa shape index (κ1) is 20.8. The van der Waals surface area contributed by atoms with E-state index in [1.165, 1.54) is 21.3 Å². The van der Waals surface area contributed by atoms with E-state index in [9.17, 15) is 19.5 Å². The van der Waals surface area contributed by atoms with Gasteiger partial charge in [-0.2, -0.15) is 0 Å². The monoisotopic (exact) mass is 391 g/mol. The number of H-pyrrole nitrogens is 1. The summed E-state index contributed by atoms with van der Waals surface area (Å²) in [4.78, 5) is 38.8. The number of aromatic amines is 1. The summed E-state index contributed by atoms with van der Waals surface area (Å²) in [6.07, 6.45) is 0.772. The molecule has 9 nitrogen and oxygen atoms in total. The van der Waals surface area contributed by atoms with Crippen LogP contribution in [-0.4, -0.2) is 50.5 Å². The van der Waals surface area contributed by atoms with Crippen molar-refractivity contribution >= 4 is 11.9 Å². The van der Waals surface area contributed by atoms with Gasteiger partial charge in [-0.15, -0.1) is 0 Å². The summed E-state index contributed by atoms with van der Waals surface area (Å²) in [6.45, 7) is 0. The summed E-state index contributed by atoms with van der Waals surface area (Å²) in [7, 11) is 5.25. The van der Waals surface area contributed by atoms with Gasteiger partial charge in [-0.05, 0) is 6.07 Å². The zero-order valence-corrected chi connectivity index (χ0v) is 15.9. The molecule has 0 fully saturated rings. The SMILES string of the molecule is COC(=O)C[C@@H](c1ccc(OC)cc1OC)c1c(O)c(C(=O)OC)c[nH]c1=O. The number of ether oxygens (including phenoxy) is 4. The van der Waals surface area contributed by atoms with E-state index in [0.29, 0.717) is 17.1 Å². The normalized spacial score (nSPS) is 11.4. The van der Waals surface area contributed by atoms with E-state index in [1.54, 1.807) is 18.2 Å². The van der Waals surface area contributed by atoms with Crippen LogP contribution in [0.15, 0.2) is 29.2 Å². The lowest BCUT2D eigenvalue weighted by molar-refractivity contribution is -0.140. The maximum atomic E-state index is 12.5. The minimum absolute atomic E-state index is 0.184. The zero-order valence-electron chi connectivity index (χ0n) is 15.9. The molecule has 0 aliphatic heterocycles. The number of hydrogen-bond acceptors (Lipinski definition) is 8. The maximum Gasteiger partial charge on any atom is 0.343 e. The minimum atomic E-state index is -0.957. The summed E-state index contributed by atoms with van der Waals surface area (Å²) >= 11 is 0. The molecule has 0 aliphatic rings. The molecule has 150 valence electrons. The molecular weight excluding hydrogens is 370 g/mol.